The number of sulfonamides is 1. The lowest BCUT2D eigenvalue weighted by molar-refractivity contribution is 0.387. The fourth-order valence-corrected chi connectivity index (χ4v) is 2.95. The number of rotatable bonds is 7. The number of aromatic amines is 1. The summed E-state index contributed by atoms with van der Waals surface area (Å²) in [5, 5.41) is 13.3. The number of hydrogen-bond acceptors (Lipinski definition) is 7. The van der Waals surface area contributed by atoms with Gasteiger partial charge in [-0.15, -0.1) is 0 Å². The van der Waals surface area contributed by atoms with Crippen molar-refractivity contribution in [3.05, 3.63) is 23.5 Å². The summed E-state index contributed by atoms with van der Waals surface area (Å²) in [5.74, 6) is 0.674. The van der Waals surface area contributed by atoms with E-state index in [1.54, 1.807) is 6.92 Å². The van der Waals surface area contributed by atoms with Crippen molar-refractivity contribution in [1.29, 1.82) is 0 Å². The van der Waals surface area contributed by atoms with Crippen molar-refractivity contribution in [2.45, 2.75) is 43.9 Å². The van der Waals surface area contributed by atoms with Crippen molar-refractivity contribution in [2.75, 3.05) is 0 Å². The molecule has 0 aliphatic heterocycles. The summed E-state index contributed by atoms with van der Waals surface area (Å²) in [5.41, 5.74) is 0.610. The van der Waals surface area contributed by atoms with Gasteiger partial charge in [0.2, 0.25) is 5.89 Å². The van der Waals surface area contributed by atoms with E-state index in [2.05, 4.69) is 30.4 Å². The van der Waals surface area contributed by atoms with E-state index in [0.29, 0.717) is 24.0 Å². The molecule has 10 heteroatoms. The third-order valence-electron chi connectivity index (χ3n) is 3.10. The third-order valence-corrected chi connectivity index (χ3v) is 4.51. The number of H-pyrrole nitrogens is 1. The molecule has 0 aromatic carbocycles. The normalized spacial score (nSPS) is 15.5. The first-order valence-corrected chi connectivity index (χ1v) is 8.07. The quantitative estimate of drug-likeness (QED) is 0.648. The van der Waals surface area contributed by atoms with Gasteiger partial charge in [-0.2, -0.15) is 10.1 Å². The first kappa shape index (κ1) is 14.2. The van der Waals surface area contributed by atoms with Gasteiger partial charge < -0.3 is 9.84 Å². The zero-order chi connectivity index (χ0) is 14.9. The Balaban J connectivity index is 1.67. The van der Waals surface area contributed by atoms with Gasteiger partial charge in [-0.3, -0.25) is 5.10 Å². The Hall–Kier alpha value is -1.78. The Bertz CT molecular complexity index is 718. The van der Waals surface area contributed by atoms with Crippen LogP contribution in [0.25, 0.3) is 0 Å². The molecule has 2 heterocycles. The summed E-state index contributed by atoms with van der Waals surface area (Å²) in [4.78, 5) is 3.94. The standard InChI is InChI=1S/C11H16N6O3S/c1-7-15-10(17-20-7)6-14-21(18,19)11-8(5-13-16-11)4-12-9-2-3-9/h5,9,12,14H,2-4,6H2,1H3,(H,13,16). The number of hydrogen-bond donors (Lipinski definition) is 3. The van der Waals surface area contributed by atoms with Crippen LogP contribution in [0.5, 0.6) is 0 Å². The van der Waals surface area contributed by atoms with Crippen molar-refractivity contribution in [1.82, 2.24) is 30.4 Å². The monoisotopic (exact) mass is 312 g/mol. The minimum atomic E-state index is -3.69. The third kappa shape index (κ3) is 3.46. The number of aryl methyl sites for hydroxylation is 1. The van der Waals surface area contributed by atoms with Crippen LogP contribution in [0.2, 0.25) is 0 Å². The average molecular weight is 312 g/mol. The Labute approximate surface area is 121 Å². The predicted molar refractivity (Wildman–Crippen MR) is 71.5 cm³/mol. The summed E-state index contributed by atoms with van der Waals surface area (Å²) < 4.78 is 31.7. The van der Waals surface area contributed by atoms with Crippen molar-refractivity contribution in [3.8, 4) is 0 Å². The van der Waals surface area contributed by atoms with E-state index in [9.17, 15) is 8.42 Å². The second-order valence-corrected chi connectivity index (χ2v) is 6.64. The fourth-order valence-electron chi connectivity index (χ4n) is 1.84. The number of nitrogens with zero attached hydrogens (tertiary/aromatic N) is 3. The van der Waals surface area contributed by atoms with E-state index in [1.165, 1.54) is 6.20 Å². The zero-order valence-electron chi connectivity index (χ0n) is 11.5. The second kappa shape index (κ2) is 5.54. The molecule has 0 bridgehead atoms. The maximum atomic E-state index is 12.3. The smallest absolute Gasteiger partial charge is 0.258 e. The molecule has 114 valence electrons. The SMILES string of the molecule is Cc1nc(CNS(=O)(=O)c2[nH]ncc2CNC2CC2)no1. The Morgan fingerprint density at radius 3 is 2.90 bits per heavy atom. The molecule has 1 fully saturated rings. The van der Waals surface area contributed by atoms with Gasteiger partial charge >= 0.3 is 0 Å². The number of aromatic nitrogens is 4. The Morgan fingerprint density at radius 2 is 2.24 bits per heavy atom. The van der Waals surface area contributed by atoms with Gasteiger partial charge in [0.15, 0.2) is 10.9 Å². The molecule has 2 aromatic rings. The topological polar surface area (TPSA) is 126 Å². The molecule has 0 spiro atoms. The van der Waals surface area contributed by atoms with Gasteiger partial charge in [-0.05, 0) is 12.8 Å². The van der Waals surface area contributed by atoms with Crippen LogP contribution in [0.15, 0.2) is 15.7 Å². The van der Waals surface area contributed by atoms with Gasteiger partial charge in [-0.25, -0.2) is 13.1 Å². The van der Waals surface area contributed by atoms with Crippen molar-refractivity contribution >= 4 is 10.0 Å². The van der Waals surface area contributed by atoms with Crippen LogP contribution in [0.1, 0.15) is 30.1 Å². The molecule has 1 saturated carbocycles. The molecule has 0 saturated heterocycles. The fraction of sp³-hybridized carbons (Fsp3) is 0.545. The summed E-state index contributed by atoms with van der Waals surface area (Å²) in [6.07, 6.45) is 3.78. The van der Waals surface area contributed by atoms with Crippen molar-refractivity contribution in [3.63, 3.8) is 0 Å². The van der Waals surface area contributed by atoms with Crippen LogP contribution in [-0.4, -0.2) is 34.8 Å². The molecule has 0 amide bonds. The molecule has 1 aliphatic carbocycles. The van der Waals surface area contributed by atoms with Gasteiger partial charge in [0.05, 0.1) is 12.7 Å². The highest BCUT2D eigenvalue weighted by molar-refractivity contribution is 7.89. The Kier molecular flexibility index (Phi) is 3.74. The molecule has 9 nitrogen and oxygen atoms in total. The van der Waals surface area contributed by atoms with E-state index in [-0.39, 0.29) is 17.4 Å². The lowest BCUT2D eigenvalue weighted by atomic mass is 10.3. The molecule has 21 heavy (non-hydrogen) atoms. The first-order valence-electron chi connectivity index (χ1n) is 6.59. The zero-order valence-corrected chi connectivity index (χ0v) is 12.3. The van der Waals surface area contributed by atoms with Crippen molar-refractivity contribution in [2.24, 2.45) is 0 Å². The van der Waals surface area contributed by atoms with E-state index in [1.807, 2.05) is 0 Å². The Morgan fingerprint density at radius 1 is 1.43 bits per heavy atom. The highest BCUT2D eigenvalue weighted by atomic mass is 32.2. The van der Waals surface area contributed by atoms with Gasteiger partial charge in [0.25, 0.3) is 10.0 Å². The molecular formula is C11H16N6O3S. The lowest BCUT2D eigenvalue weighted by Gasteiger charge is -2.06. The van der Waals surface area contributed by atoms with Crippen molar-refractivity contribution < 1.29 is 12.9 Å². The molecule has 0 atom stereocenters. The largest absolute Gasteiger partial charge is 0.340 e. The number of nitrogens with one attached hydrogen (secondary N) is 3. The summed E-state index contributed by atoms with van der Waals surface area (Å²) in [6, 6.07) is 0.491. The molecule has 0 radical (unpaired) electrons. The van der Waals surface area contributed by atoms with Crippen LogP contribution in [-0.2, 0) is 23.1 Å². The molecule has 0 unspecified atom stereocenters. The van der Waals surface area contributed by atoms with E-state index in [0.717, 1.165) is 12.8 Å². The summed E-state index contributed by atoms with van der Waals surface area (Å²) in [6.45, 7) is 2.08. The maximum Gasteiger partial charge on any atom is 0.258 e. The predicted octanol–water partition coefficient (Wildman–Crippen LogP) is -0.168. The second-order valence-electron chi connectivity index (χ2n) is 4.93. The lowest BCUT2D eigenvalue weighted by Crippen LogP contribution is -2.26. The average Bonchev–Trinajstić information content (AvgIpc) is 2.97. The van der Waals surface area contributed by atoms with Gasteiger partial charge in [0.1, 0.15) is 0 Å². The molecule has 1 aliphatic rings. The highest BCUT2D eigenvalue weighted by Crippen LogP contribution is 2.20. The maximum absolute atomic E-state index is 12.3. The van der Waals surface area contributed by atoms with Crippen LogP contribution < -0.4 is 10.0 Å². The van der Waals surface area contributed by atoms with Gasteiger partial charge in [-0.1, -0.05) is 5.16 Å². The van der Waals surface area contributed by atoms with E-state index in [4.69, 9.17) is 4.52 Å². The molecule has 3 N–H and O–H groups in total. The molecular weight excluding hydrogens is 296 g/mol. The van der Waals surface area contributed by atoms with Crippen LogP contribution in [0.4, 0.5) is 0 Å². The first-order chi connectivity index (χ1) is 10.0. The molecule has 3 rings (SSSR count). The van der Waals surface area contributed by atoms with Crippen LogP contribution >= 0.6 is 0 Å². The minimum Gasteiger partial charge on any atom is -0.340 e. The van der Waals surface area contributed by atoms with Crippen LogP contribution in [0.3, 0.4) is 0 Å². The van der Waals surface area contributed by atoms with E-state index < -0.39 is 10.0 Å². The van der Waals surface area contributed by atoms with Gasteiger partial charge in [0, 0.05) is 25.1 Å². The van der Waals surface area contributed by atoms with Crippen LogP contribution in [0, 0.1) is 6.92 Å². The summed E-state index contributed by atoms with van der Waals surface area (Å²) >= 11 is 0. The van der Waals surface area contributed by atoms with E-state index >= 15 is 0 Å². The summed E-state index contributed by atoms with van der Waals surface area (Å²) in [7, 11) is -3.69. The minimum absolute atomic E-state index is 0.0335. The highest BCUT2D eigenvalue weighted by Gasteiger charge is 2.24. The molecule has 2 aromatic heterocycles.